The summed E-state index contributed by atoms with van der Waals surface area (Å²) in [4.78, 5) is 31.1. The van der Waals surface area contributed by atoms with Crippen LogP contribution in [0.3, 0.4) is 0 Å². The van der Waals surface area contributed by atoms with Crippen molar-refractivity contribution in [2.75, 3.05) is 31.1 Å². The second-order valence-electron chi connectivity index (χ2n) is 7.14. The van der Waals surface area contributed by atoms with Crippen molar-refractivity contribution in [2.24, 2.45) is 0 Å². The van der Waals surface area contributed by atoms with Crippen molar-refractivity contribution in [1.29, 1.82) is 0 Å². The zero-order valence-electron chi connectivity index (χ0n) is 15.1. The number of carbonyl (C=O) groups is 2. The van der Waals surface area contributed by atoms with Crippen LogP contribution >= 0.6 is 0 Å². The molecule has 2 amide bonds. The third kappa shape index (κ3) is 3.39. The van der Waals surface area contributed by atoms with Gasteiger partial charge in [0.15, 0.2) is 6.29 Å². The smallest absolute Gasteiger partial charge is 0.325 e. The van der Waals surface area contributed by atoms with E-state index in [0.29, 0.717) is 5.69 Å². The molecule has 0 spiro atoms. The molecule has 0 bridgehead atoms. The summed E-state index contributed by atoms with van der Waals surface area (Å²) in [6.07, 6.45) is 1.65. The van der Waals surface area contributed by atoms with E-state index in [1.165, 1.54) is 0 Å². The molecule has 1 fully saturated rings. The Morgan fingerprint density at radius 1 is 1.28 bits per heavy atom. The molecule has 1 aromatic carbocycles. The number of hydrogen-bond donors (Lipinski definition) is 2. The number of benzene rings is 1. The van der Waals surface area contributed by atoms with Crippen LogP contribution in [0.25, 0.3) is 10.9 Å². The molecule has 0 radical (unpaired) electrons. The van der Waals surface area contributed by atoms with E-state index in [9.17, 15) is 9.59 Å². The zero-order valence-corrected chi connectivity index (χ0v) is 15.1. The van der Waals surface area contributed by atoms with Gasteiger partial charge in [-0.25, -0.2) is 4.79 Å². The summed E-state index contributed by atoms with van der Waals surface area (Å²) in [5, 5.41) is 4.22. The van der Waals surface area contributed by atoms with Crippen molar-refractivity contribution in [3.8, 4) is 0 Å². The molecule has 1 saturated heterocycles. The number of hydrogen-bond acceptors (Lipinski definition) is 3. The molecule has 6 nitrogen and oxygen atoms in total. The van der Waals surface area contributed by atoms with Gasteiger partial charge in [0.1, 0.15) is 0 Å². The number of carbonyl (C=O) groups excluding carboxylic acids is 2. The topological polar surface area (TPSA) is 68.4 Å². The van der Waals surface area contributed by atoms with Gasteiger partial charge < -0.3 is 15.2 Å². The summed E-state index contributed by atoms with van der Waals surface area (Å²) in [5.74, 6) is 0. The fourth-order valence-corrected chi connectivity index (χ4v) is 3.22. The van der Waals surface area contributed by atoms with Crippen molar-refractivity contribution in [3.63, 3.8) is 0 Å². The number of amides is 2. The molecule has 6 heteroatoms. The predicted molar refractivity (Wildman–Crippen MR) is 100 cm³/mol. The van der Waals surface area contributed by atoms with Crippen molar-refractivity contribution in [2.45, 2.75) is 32.7 Å². The lowest BCUT2D eigenvalue weighted by molar-refractivity contribution is 0.111. The van der Waals surface area contributed by atoms with Crippen LogP contribution in [0, 0.1) is 0 Å². The molecule has 2 heterocycles. The highest BCUT2D eigenvalue weighted by Gasteiger charge is 2.34. The second kappa shape index (κ2) is 6.88. The highest BCUT2D eigenvalue weighted by Crippen LogP contribution is 2.31. The molecule has 25 heavy (non-hydrogen) atoms. The van der Waals surface area contributed by atoms with Crippen LogP contribution < -0.4 is 10.2 Å². The Bertz CT molecular complexity index is 775. The molecule has 0 atom stereocenters. The molecule has 3 rings (SSSR count). The van der Waals surface area contributed by atoms with Crippen LogP contribution in [0.4, 0.5) is 10.5 Å². The number of aldehydes is 1. The molecule has 0 aliphatic carbocycles. The van der Waals surface area contributed by atoms with E-state index >= 15 is 0 Å². The molecule has 1 aromatic heterocycles. The molecular weight excluding hydrogens is 316 g/mol. The lowest BCUT2D eigenvalue weighted by Gasteiger charge is -2.42. The van der Waals surface area contributed by atoms with Crippen LogP contribution in [-0.4, -0.2) is 53.9 Å². The number of aromatic amines is 1. The third-order valence-corrected chi connectivity index (χ3v) is 5.06. The van der Waals surface area contributed by atoms with E-state index in [1.54, 1.807) is 0 Å². The van der Waals surface area contributed by atoms with Gasteiger partial charge in [-0.2, -0.15) is 0 Å². The van der Waals surface area contributed by atoms with Gasteiger partial charge in [0.25, 0.3) is 0 Å². The van der Waals surface area contributed by atoms with E-state index in [0.717, 1.165) is 55.5 Å². The number of aromatic nitrogens is 1. The summed E-state index contributed by atoms with van der Waals surface area (Å²) < 4.78 is 0. The molecule has 0 unspecified atom stereocenters. The minimum Gasteiger partial charge on any atom is -0.352 e. The first-order valence-corrected chi connectivity index (χ1v) is 8.84. The standard InChI is InChI=1S/C19H26N4O2/c1-4-19(2,3)23(18(25)22-9-7-20-8-10-22)16-5-6-17-14(12-16)11-15(13-24)21-17/h5-6,11-13,20-21H,4,7-10H2,1-3H3. The lowest BCUT2D eigenvalue weighted by atomic mass is 9.98. The predicted octanol–water partition coefficient (Wildman–Crippen LogP) is 3.00. The SMILES string of the molecule is CCC(C)(C)N(C(=O)N1CCNCC1)c1ccc2[nH]c(C=O)cc2c1. The molecule has 1 aliphatic heterocycles. The number of rotatable bonds is 4. The molecule has 1 aliphatic rings. The van der Waals surface area contributed by atoms with Crippen LogP contribution in [0.15, 0.2) is 24.3 Å². The highest BCUT2D eigenvalue weighted by atomic mass is 16.2. The third-order valence-electron chi connectivity index (χ3n) is 5.06. The van der Waals surface area contributed by atoms with E-state index < -0.39 is 0 Å². The number of H-pyrrole nitrogens is 1. The number of fused-ring (bicyclic) bond motifs is 1. The number of nitrogens with one attached hydrogen (secondary N) is 2. The van der Waals surface area contributed by atoms with Gasteiger partial charge in [-0.05, 0) is 44.5 Å². The van der Waals surface area contributed by atoms with E-state index in [-0.39, 0.29) is 11.6 Å². The fourth-order valence-electron chi connectivity index (χ4n) is 3.22. The number of anilines is 1. The Kier molecular flexibility index (Phi) is 4.81. The highest BCUT2D eigenvalue weighted by molar-refractivity contribution is 5.97. The molecular formula is C19H26N4O2. The Morgan fingerprint density at radius 2 is 2.00 bits per heavy atom. The molecule has 2 aromatic rings. The maximum Gasteiger partial charge on any atom is 0.325 e. The van der Waals surface area contributed by atoms with Crippen molar-refractivity contribution < 1.29 is 9.59 Å². The lowest BCUT2D eigenvalue weighted by Crippen LogP contribution is -2.57. The quantitative estimate of drug-likeness (QED) is 0.839. The van der Waals surface area contributed by atoms with Crippen LogP contribution in [0.5, 0.6) is 0 Å². The molecule has 2 N–H and O–H groups in total. The van der Waals surface area contributed by atoms with Gasteiger partial charge in [-0.3, -0.25) is 9.69 Å². The number of nitrogens with zero attached hydrogens (tertiary/aromatic N) is 2. The first-order chi connectivity index (χ1) is 12.0. The van der Waals surface area contributed by atoms with E-state index in [1.807, 2.05) is 34.1 Å². The van der Waals surface area contributed by atoms with Crippen molar-refractivity contribution in [1.82, 2.24) is 15.2 Å². The fraction of sp³-hybridized carbons (Fsp3) is 0.474. The van der Waals surface area contributed by atoms with Gasteiger partial charge in [-0.1, -0.05) is 6.92 Å². The normalized spacial score (nSPS) is 15.4. The largest absolute Gasteiger partial charge is 0.352 e. The zero-order chi connectivity index (χ0) is 18.0. The Labute approximate surface area is 148 Å². The van der Waals surface area contributed by atoms with Crippen LogP contribution in [0.1, 0.15) is 37.7 Å². The maximum absolute atomic E-state index is 13.3. The second-order valence-corrected chi connectivity index (χ2v) is 7.14. The maximum atomic E-state index is 13.3. The average Bonchev–Trinajstić information content (AvgIpc) is 3.05. The van der Waals surface area contributed by atoms with Gasteiger partial charge in [0, 0.05) is 48.3 Å². The Morgan fingerprint density at radius 3 is 2.64 bits per heavy atom. The summed E-state index contributed by atoms with van der Waals surface area (Å²) in [5.41, 5.74) is 2.00. The number of piperazine rings is 1. The summed E-state index contributed by atoms with van der Waals surface area (Å²) in [6.45, 7) is 9.36. The van der Waals surface area contributed by atoms with Crippen molar-refractivity contribution in [3.05, 3.63) is 30.0 Å². The summed E-state index contributed by atoms with van der Waals surface area (Å²) in [6, 6.07) is 7.72. The van der Waals surface area contributed by atoms with Crippen LogP contribution in [-0.2, 0) is 0 Å². The van der Waals surface area contributed by atoms with Crippen molar-refractivity contribution >= 4 is 28.9 Å². The summed E-state index contributed by atoms with van der Waals surface area (Å²) >= 11 is 0. The summed E-state index contributed by atoms with van der Waals surface area (Å²) in [7, 11) is 0. The van der Waals surface area contributed by atoms with E-state index in [2.05, 4.69) is 31.1 Å². The molecule has 0 saturated carbocycles. The first kappa shape index (κ1) is 17.5. The van der Waals surface area contributed by atoms with Gasteiger partial charge in [0.2, 0.25) is 0 Å². The minimum atomic E-state index is -0.306. The Balaban J connectivity index is 2.01. The first-order valence-electron chi connectivity index (χ1n) is 8.84. The average molecular weight is 342 g/mol. The monoisotopic (exact) mass is 342 g/mol. The van der Waals surface area contributed by atoms with Crippen LogP contribution in [0.2, 0.25) is 0 Å². The minimum absolute atomic E-state index is 0.0406. The molecule has 134 valence electrons. The number of urea groups is 1. The van der Waals surface area contributed by atoms with Gasteiger partial charge in [-0.15, -0.1) is 0 Å². The Hall–Kier alpha value is -2.34. The van der Waals surface area contributed by atoms with Gasteiger partial charge in [0.05, 0.1) is 5.69 Å². The van der Waals surface area contributed by atoms with E-state index in [4.69, 9.17) is 0 Å². The van der Waals surface area contributed by atoms with Gasteiger partial charge >= 0.3 is 6.03 Å².